The van der Waals surface area contributed by atoms with Crippen molar-refractivity contribution in [1.29, 1.82) is 0 Å². The summed E-state index contributed by atoms with van der Waals surface area (Å²) in [7, 11) is 5.51. The van der Waals surface area contributed by atoms with Gasteiger partial charge in [0, 0.05) is 33.0 Å². The summed E-state index contributed by atoms with van der Waals surface area (Å²) in [4.78, 5) is 16.6. The zero-order valence-electron chi connectivity index (χ0n) is 9.19. The van der Waals surface area contributed by atoms with Crippen LogP contribution in [0.15, 0.2) is 29.3 Å². The lowest BCUT2D eigenvalue weighted by atomic mass is 10.2. The van der Waals surface area contributed by atoms with Crippen LogP contribution in [0.4, 0.5) is 10.5 Å². The minimum Gasteiger partial charge on any atom is -0.378 e. The van der Waals surface area contributed by atoms with Crippen molar-refractivity contribution in [1.82, 2.24) is 5.32 Å². The summed E-state index contributed by atoms with van der Waals surface area (Å²) in [5.74, 6) is 0. The molecule has 1 rings (SSSR count). The Balaban J connectivity index is 2.72. The molecule has 80 valence electrons. The van der Waals surface area contributed by atoms with Gasteiger partial charge in [-0.25, -0.2) is 9.79 Å². The number of carbonyl (C=O) groups is 1. The summed E-state index contributed by atoms with van der Waals surface area (Å²) >= 11 is 0. The number of carbonyl (C=O) groups excluding carboxylic acids is 1. The Kier molecular flexibility index (Phi) is 3.85. The van der Waals surface area contributed by atoms with E-state index in [1.807, 2.05) is 43.3 Å². The third-order valence-electron chi connectivity index (χ3n) is 1.95. The fraction of sp³-hybridized carbons (Fsp3) is 0.273. The largest absolute Gasteiger partial charge is 0.378 e. The second-order valence-corrected chi connectivity index (χ2v) is 3.30. The lowest BCUT2D eigenvalue weighted by Gasteiger charge is -2.11. The predicted molar refractivity (Wildman–Crippen MR) is 62.8 cm³/mol. The van der Waals surface area contributed by atoms with E-state index in [-0.39, 0.29) is 6.03 Å². The topological polar surface area (TPSA) is 44.7 Å². The predicted octanol–water partition coefficient (Wildman–Crippen LogP) is 1.51. The molecule has 0 radical (unpaired) electrons. The van der Waals surface area contributed by atoms with Crippen LogP contribution in [0.1, 0.15) is 5.56 Å². The second kappa shape index (κ2) is 5.14. The summed E-state index contributed by atoms with van der Waals surface area (Å²) in [5.41, 5.74) is 2.02. The molecule has 0 aromatic heterocycles. The number of amides is 2. The maximum Gasteiger partial charge on any atom is 0.340 e. The number of urea groups is 1. The van der Waals surface area contributed by atoms with E-state index in [0.29, 0.717) is 0 Å². The molecule has 4 nitrogen and oxygen atoms in total. The lowest BCUT2D eigenvalue weighted by Crippen LogP contribution is -2.12. The Labute approximate surface area is 89.6 Å². The second-order valence-electron chi connectivity index (χ2n) is 3.30. The van der Waals surface area contributed by atoms with Gasteiger partial charge in [-0.3, -0.25) is 0 Å². The number of hydrogen-bond donors (Lipinski definition) is 1. The molecule has 0 aliphatic rings. The van der Waals surface area contributed by atoms with Crippen LogP contribution in [0, 0.1) is 0 Å². The molecule has 4 heteroatoms. The fourth-order valence-electron chi connectivity index (χ4n) is 1.06. The first-order chi connectivity index (χ1) is 7.13. The van der Waals surface area contributed by atoms with E-state index in [9.17, 15) is 4.79 Å². The molecular weight excluding hydrogens is 190 g/mol. The van der Waals surface area contributed by atoms with Crippen molar-refractivity contribution >= 4 is 17.9 Å². The van der Waals surface area contributed by atoms with Gasteiger partial charge >= 0.3 is 6.03 Å². The van der Waals surface area contributed by atoms with Crippen LogP contribution in [0.3, 0.4) is 0 Å². The molecule has 0 heterocycles. The summed E-state index contributed by atoms with van der Waals surface area (Å²) < 4.78 is 0. The Morgan fingerprint density at radius 1 is 1.33 bits per heavy atom. The highest BCUT2D eigenvalue weighted by Gasteiger charge is 1.94. The molecule has 1 aromatic carbocycles. The van der Waals surface area contributed by atoms with Gasteiger partial charge in [-0.15, -0.1) is 0 Å². The molecule has 0 bridgehead atoms. The van der Waals surface area contributed by atoms with E-state index >= 15 is 0 Å². The van der Waals surface area contributed by atoms with Crippen molar-refractivity contribution in [2.45, 2.75) is 0 Å². The molecule has 0 spiro atoms. The summed E-state index contributed by atoms with van der Waals surface area (Å²) in [6.07, 6.45) is 1.54. The Morgan fingerprint density at radius 2 is 1.93 bits per heavy atom. The van der Waals surface area contributed by atoms with Crippen molar-refractivity contribution < 1.29 is 4.79 Å². The van der Waals surface area contributed by atoms with Crippen LogP contribution in [0.25, 0.3) is 0 Å². The third kappa shape index (κ3) is 3.42. The quantitative estimate of drug-likeness (QED) is 0.744. The van der Waals surface area contributed by atoms with E-state index in [1.165, 1.54) is 6.21 Å². The average molecular weight is 205 g/mol. The number of hydrogen-bond acceptors (Lipinski definition) is 2. The van der Waals surface area contributed by atoms with Gasteiger partial charge in [0.05, 0.1) is 0 Å². The first-order valence-corrected chi connectivity index (χ1v) is 4.66. The highest BCUT2D eigenvalue weighted by molar-refractivity contribution is 5.91. The molecule has 0 unspecified atom stereocenters. The van der Waals surface area contributed by atoms with E-state index in [1.54, 1.807) is 7.05 Å². The van der Waals surface area contributed by atoms with Gasteiger partial charge in [0.25, 0.3) is 0 Å². The highest BCUT2D eigenvalue weighted by Crippen LogP contribution is 2.10. The van der Waals surface area contributed by atoms with Crippen LogP contribution < -0.4 is 10.2 Å². The van der Waals surface area contributed by atoms with Gasteiger partial charge in [0.1, 0.15) is 0 Å². The zero-order valence-corrected chi connectivity index (χ0v) is 9.19. The van der Waals surface area contributed by atoms with Crippen molar-refractivity contribution in [3.63, 3.8) is 0 Å². The van der Waals surface area contributed by atoms with Crippen LogP contribution in [0.2, 0.25) is 0 Å². The molecule has 1 N–H and O–H groups in total. The van der Waals surface area contributed by atoms with Crippen LogP contribution in [-0.2, 0) is 0 Å². The number of aliphatic imine (C=N–C) groups is 1. The van der Waals surface area contributed by atoms with E-state index in [0.717, 1.165) is 11.3 Å². The molecule has 0 atom stereocenters. The number of anilines is 1. The number of nitrogens with one attached hydrogen (secondary N) is 1. The molecule has 0 fully saturated rings. The molecule has 2 amide bonds. The Hall–Kier alpha value is -1.84. The van der Waals surface area contributed by atoms with Gasteiger partial charge in [-0.05, 0) is 17.7 Å². The van der Waals surface area contributed by atoms with Crippen molar-refractivity contribution in [3.05, 3.63) is 29.8 Å². The van der Waals surface area contributed by atoms with Gasteiger partial charge in [0.15, 0.2) is 0 Å². The fourth-order valence-corrected chi connectivity index (χ4v) is 1.06. The van der Waals surface area contributed by atoms with Crippen LogP contribution in [-0.4, -0.2) is 33.4 Å². The maximum absolute atomic E-state index is 10.8. The summed E-state index contributed by atoms with van der Waals surface area (Å²) in [6, 6.07) is 7.45. The lowest BCUT2D eigenvalue weighted by molar-refractivity contribution is 0.251. The number of nitrogens with zero attached hydrogens (tertiary/aromatic N) is 2. The van der Waals surface area contributed by atoms with Crippen LogP contribution in [0.5, 0.6) is 0 Å². The molecule has 0 saturated carbocycles. The van der Waals surface area contributed by atoms with E-state index < -0.39 is 0 Å². The third-order valence-corrected chi connectivity index (χ3v) is 1.95. The SMILES string of the molecule is CNC(=O)/N=C\c1ccc(N(C)C)cc1. The Bertz CT molecular complexity index is 355. The average Bonchev–Trinajstić information content (AvgIpc) is 2.26. The highest BCUT2D eigenvalue weighted by atomic mass is 16.2. The standard InChI is InChI=1S/C11H15N3O/c1-12-11(15)13-8-9-4-6-10(7-5-9)14(2)3/h4-8H,1-3H3,(H,12,15)/b13-8-. The number of rotatable bonds is 2. The first-order valence-electron chi connectivity index (χ1n) is 4.66. The first kappa shape index (κ1) is 11.2. The molecule has 0 saturated heterocycles. The minimum absolute atomic E-state index is 0.341. The maximum atomic E-state index is 10.8. The molecule has 1 aromatic rings. The zero-order chi connectivity index (χ0) is 11.3. The monoisotopic (exact) mass is 205 g/mol. The Morgan fingerprint density at radius 3 is 2.40 bits per heavy atom. The van der Waals surface area contributed by atoms with Crippen molar-refractivity contribution in [3.8, 4) is 0 Å². The van der Waals surface area contributed by atoms with Crippen molar-refractivity contribution in [2.24, 2.45) is 4.99 Å². The number of benzene rings is 1. The normalized spacial score (nSPS) is 10.3. The smallest absolute Gasteiger partial charge is 0.340 e. The minimum atomic E-state index is -0.341. The summed E-state index contributed by atoms with van der Waals surface area (Å²) in [6.45, 7) is 0. The molecule has 0 aliphatic carbocycles. The van der Waals surface area contributed by atoms with Gasteiger partial charge in [-0.2, -0.15) is 0 Å². The van der Waals surface area contributed by atoms with E-state index in [2.05, 4.69) is 10.3 Å². The van der Waals surface area contributed by atoms with E-state index in [4.69, 9.17) is 0 Å². The molecule has 15 heavy (non-hydrogen) atoms. The molecular formula is C11H15N3O. The van der Waals surface area contributed by atoms with Crippen molar-refractivity contribution in [2.75, 3.05) is 26.0 Å². The van der Waals surface area contributed by atoms with Crippen LogP contribution >= 0.6 is 0 Å². The summed E-state index contributed by atoms with van der Waals surface area (Å²) in [5, 5.41) is 2.42. The molecule has 0 aliphatic heterocycles. The van der Waals surface area contributed by atoms with Gasteiger partial charge in [0.2, 0.25) is 0 Å². The van der Waals surface area contributed by atoms with Gasteiger partial charge in [-0.1, -0.05) is 12.1 Å². The van der Waals surface area contributed by atoms with Gasteiger partial charge < -0.3 is 10.2 Å².